The molecule has 0 unspecified atom stereocenters. The van der Waals surface area contributed by atoms with Gasteiger partial charge in [-0.2, -0.15) is 10.2 Å². The van der Waals surface area contributed by atoms with Gasteiger partial charge in [-0.15, -0.1) is 0 Å². The Bertz CT molecular complexity index is 580. The minimum Gasteiger partial charge on any atom is -0.497 e. The second kappa shape index (κ2) is 8.79. The van der Waals surface area contributed by atoms with Gasteiger partial charge in [0.15, 0.2) is 0 Å². The molecule has 0 heterocycles. The zero-order chi connectivity index (χ0) is 15.6. The second-order valence-electron chi connectivity index (χ2n) is 4.67. The SMILES string of the molecule is COc1ccc(N=Nc2ccc(OCCCCO)cc2)cc1. The fourth-order valence-electron chi connectivity index (χ4n) is 1.78. The normalized spacial score (nSPS) is 10.8. The Morgan fingerprint density at radius 3 is 1.86 bits per heavy atom. The highest BCUT2D eigenvalue weighted by Gasteiger charge is 1.96. The van der Waals surface area contributed by atoms with Gasteiger partial charge < -0.3 is 14.6 Å². The lowest BCUT2D eigenvalue weighted by molar-refractivity contribution is 0.253. The number of methoxy groups -OCH3 is 1. The van der Waals surface area contributed by atoms with E-state index in [1.807, 2.05) is 48.5 Å². The van der Waals surface area contributed by atoms with Crippen LogP contribution in [0, 0.1) is 0 Å². The number of unbranched alkanes of at least 4 members (excludes halogenated alkanes) is 1. The average Bonchev–Trinajstić information content (AvgIpc) is 2.58. The van der Waals surface area contributed by atoms with E-state index in [2.05, 4.69) is 10.2 Å². The molecule has 1 N–H and O–H groups in total. The van der Waals surface area contributed by atoms with Gasteiger partial charge >= 0.3 is 0 Å². The number of aliphatic hydroxyl groups is 1. The van der Waals surface area contributed by atoms with Gasteiger partial charge in [-0.3, -0.25) is 0 Å². The molecule has 0 atom stereocenters. The van der Waals surface area contributed by atoms with Crippen LogP contribution < -0.4 is 9.47 Å². The van der Waals surface area contributed by atoms with E-state index >= 15 is 0 Å². The van der Waals surface area contributed by atoms with Crippen LogP contribution in [-0.4, -0.2) is 25.4 Å². The molecule has 0 aliphatic carbocycles. The average molecular weight is 300 g/mol. The maximum Gasteiger partial charge on any atom is 0.119 e. The molecule has 116 valence electrons. The summed E-state index contributed by atoms with van der Waals surface area (Å²) in [4.78, 5) is 0. The van der Waals surface area contributed by atoms with E-state index in [1.165, 1.54) is 0 Å². The molecule has 22 heavy (non-hydrogen) atoms. The number of hydrogen-bond donors (Lipinski definition) is 1. The molecule has 2 aromatic carbocycles. The monoisotopic (exact) mass is 300 g/mol. The lowest BCUT2D eigenvalue weighted by atomic mass is 10.3. The van der Waals surface area contributed by atoms with Crippen molar-refractivity contribution in [1.29, 1.82) is 0 Å². The molecule has 5 heteroatoms. The molecule has 0 amide bonds. The Hall–Kier alpha value is -2.40. The molecule has 2 aromatic rings. The molecule has 0 fully saturated rings. The first-order chi connectivity index (χ1) is 10.8. The van der Waals surface area contributed by atoms with Crippen molar-refractivity contribution in [2.45, 2.75) is 12.8 Å². The second-order valence-corrected chi connectivity index (χ2v) is 4.67. The van der Waals surface area contributed by atoms with Gasteiger partial charge in [0.25, 0.3) is 0 Å². The van der Waals surface area contributed by atoms with Crippen molar-refractivity contribution in [1.82, 2.24) is 0 Å². The van der Waals surface area contributed by atoms with Crippen LogP contribution in [0.15, 0.2) is 58.8 Å². The molecule has 0 aliphatic rings. The summed E-state index contributed by atoms with van der Waals surface area (Å²) >= 11 is 0. The highest BCUT2D eigenvalue weighted by atomic mass is 16.5. The van der Waals surface area contributed by atoms with Gasteiger partial charge in [-0.1, -0.05) is 0 Å². The maximum atomic E-state index is 8.70. The van der Waals surface area contributed by atoms with Crippen LogP contribution in [-0.2, 0) is 0 Å². The molecule has 5 nitrogen and oxygen atoms in total. The highest BCUT2D eigenvalue weighted by Crippen LogP contribution is 2.22. The largest absolute Gasteiger partial charge is 0.497 e. The van der Waals surface area contributed by atoms with Crippen molar-refractivity contribution >= 4 is 11.4 Å². The summed E-state index contributed by atoms with van der Waals surface area (Å²) in [5, 5.41) is 17.0. The summed E-state index contributed by atoms with van der Waals surface area (Å²) in [5.41, 5.74) is 1.53. The van der Waals surface area contributed by atoms with Gasteiger partial charge in [-0.05, 0) is 61.4 Å². The third-order valence-electron chi connectivity index (χ3n) is 3.01. The number of rotatable bonds is 8. The molecule has 0 spiro atoms. The maximum absolute atomic E-state index is 8.70. The van der Waals surface area contributed by atoms with Crippen molar-refractivity contribution in [3.8, 4) is 11.5 Å². The molecule has 0 aliphatic heterocycles. The van der Waals surface area contributed by atoms with Crippen molar-refractivity contribution in [3.63, 3.8) is 0 Å². The molecular weight excluding hydrogens is 280 g/mol. The van der Waals surface area contributed by atoms with E-state index in [0.717, 1.165) is 35.7 Å². The van der Waals surface area contributed by atoms with Crippen molar-refractivity contribution in [3.05, 3.63) is 48.5 Å². The van der Waals surface area contributed by atoms with Crippen LogP contribution in [0.2, 0.25) is 0 Å². The zero-order valence-corrected chi connectivity index (χ0v) is 12.6. The fourth-order valence-corrected chi connectivity index (χ4v) is 1.78. The summed E-state index contributed by atoms with van der Waals surface area (Å²) in [6.07, 6.45) is 1.60. The Kier molecular flexibility index (Phi) is 6.39. The highest BCUT2D eigenvalue weighted by molar-refractivity contribution is 5.44. The summed E-state index contributed by atoms with van der Waals surface area (Å²) in [6, 6.07) is 14.8. The number of azo groups is 1. The van der Waals surface area contributed by atoms with Crippen molar-refractivity contribution in [2.75, 3.05) is 20.3 Å². The topological polar surface area (TPSA) is 63.4 Å². The molecule has 0 saturated carbocycles. The lowest BCUT2D eigenvalue weighted by Gasteiger charge is -2.05. The van der Waals surface area contributed by atoms with E-state index in [4.69, 9.17) is 14.6 Å². The fraction of sp³-hybridized carbons (Fsp3) is 0.294. The first-order valence-electron chi connectivity index (χ1n) is 7.21. The van der Waals surface area contributed by atoms with Crippen LogP contribution in [0.4, 0.5) is 11.4 Å². The van der Waals surface area contributed by atoms with Crippen LogP contribution in [0.5, 0.6) is 11.5 Å². The lowest BCUT2D eigenvalue weighted by Crippen LogP contribution is -1.98. The Morgan fingerprint density at radius 2 is 1.36 bits per heavy atom. The summed E-state index contributed by atoms with van der Waals surface area (Å²) in [6.45, 7) is 0.807. The molecule has 0 bridgehead atoms. The molecule has 0 radical (unpaired) electrons. The van der Waals surface area contributed by atoms with Gasteiger partial charge in [-0.25, -0.2) is 0 Å². The van der Waals surface area contributed by atoms with Gasteiger partial charge in [0.05, 0.1) is 25.1 Å². The van der Waals surface area contributed by atoms with E-state index in [9.17, 15) is 0 Å². The number of benzene rings is 2. The predicted molar refractivity (Wildman–Crippen MR) is 85.4 cm³/mol. The van der Waals surface area contributed by atoms with Crippen LogP contribution in [0.25, 0.3) is 0 Å². The summed E-state index contributed by atoms with van der Waals surface area (Å²) in [7, 11) is 1.63. The minimum absolute atomic E-state index is 0.202. The van der Waals surface area contributed by atoms with E-state index < -0.39 is 0 Å². The van der Waals surface area contributed by atoms with Crippen LogP contribution in [0.3, 0.4) is 0 Å². The molecular formula is C17H20N2O3. The van der Waals surface area contributed by atoms with Gasteiger partial charge in [0.1, 0.15) is 11.5 Å². The summed E-state index contributed by atoms with van der Waals surface area (Å²) in [5.74, 6) is 1.59. The standard InChI is InChI=1S/C17H20N2O3/c1-21-16-8-4-14(5-9-16)18-19-15-6-10-17(11-7-15)22-13-3-2-12-20/h4-11,20H,2-3,12-13H2,1H3. The number of hydrogen-bond acceptors (Lipinski definition) is 5. The smallest absolute Gasteiger partial charge is 0.119 e. The number of ether oxygens (including phenoxy) is 2. The molecule has 0 saturated heterocycles. The van der Waals surface area contributed by atoms with Gasteiger partial charge in [0.2, 0.25) is 0 Å². The zero-order valence-electron chi connectivity index (χ0n) is 12.6. The predicted octanol–water partition coefficient (Wildman–Crippen LogP) is 4.26. The third kappa shape index (κ3) is 5.18. The van der Waals surface area contributed by atoms with Crippen LogP contribution in [0.1, 0.15) is 12.8 Å². The summed E-state index contributed by atoms with van der Waals surface area (Å²) < 4.78 is 10.6. The van der Waals surface area contributed by atoms with Crippen molar-refractivity contribution < 1.29 is 14.6 Å². The Balaban J connectivity index is 1.88. The number of aliphatic hydroxyl groups excluding tert-OH is 1. The van der Waals surface area contributed by atoms with Crippen molar-refractivity contribution in [2.24, 2.45) is 10.2 Å². The quantitative estimate of drug-likeness (QED) is 0.585. The number of nitrogens with zero attached hydrogens (tertiary/aromatic N) is 2. The molecule has 0 aromatic heterocycles. The first kappa shape index (κ1) is 16.0. The molecule has 2 rings (SSSR count). The minimum atomic E-state index is 0.202. The van der Waals surface area contributed by atoms with Gasteiger partial charge in [0, 0.05) is 6.61 Å². The van der Waals surface area contributed by atoms with Crippen LogP contribution >= 0.6 is 0 Å². The third-order valence-corrected chi connectivity index (χ3v) is 3.01. The Morgan fingerprint density at radius 1 is 0.818 bits per heavy atom. The van der Waals surface area contributed by atoms with E-state index in [-0.39, 0.29) is 6.61 Å². The van der Waals surface area contributed by atoms with E-state index in [0.29, 0.717) is 6.61 Å². The Labute approximate surface area is 130 Å². The first-order valence-corrected chi connectivity index (χ1v) is 7.21. The van der Waals surface area contributed by atoms with E-state index in [1.54, 1.807) is 7.11 Å².